The lowest BCUT2D eigenvalue weighted by Gasteiger charge is -2.18. The van der Waals surface area contributed by atoms with Gasteiger partial charge in [0.15, 0.2) is 0 Å². The van der Waals surface area contributed by atoms with Crippen molar-refractivity contribution in [3.05, 3.63) is 143 Å². The second-order valence-corrected chi connectivity index (χ2v) is 11.7. The minimum atomic E-state index is 1.15. The van der Waals surface area contributed by atoms with Crippen LogP contribution in [-0.4, -0.2) is 0 Å². The smallest absolute Gasteiger partial charge is 0.0789 e. The Morgan fingerprint density at radius 3 is 1.13 bits per heavy atom. The SMILES string of the molecule is Brc1sc(-c2c3ccccc3c(-c3ccccc3)c3ccccc23)c(-c2ccccc2)c1-c1ccccc1. The van der Waals surface area contributed by atoms with E-state index in [9.17, 15) is 0 Å². The van der Waals surface area contributed by atoms with Crippen LogP contribution in [-0.2, 0) is 0 Å². The van der Waals surface area contributed by atoms with Crippen LogP contribution in [0.4, 0.5) is 0 Å². The van der Waals surface area contributed by atoms with Gasteiger partial charge in [-0.1, -0.05) is 140 Å². The van der Waals surface area contributed by atoms with Crippen molar-refractivity contribution in [1.82, 2.24) is 0 Å². The first-order chi connectivity index (χ1) is 18.8. The lowest BCUT2D eigenvalue weighted by Crippen LogP contribution is -1.91. The maximum atomic E-state index is 4.00. The molecule has 0 radical (unpaired) electrons. The Labute approximate surface area is 235 Å². The van der Waals surface area contributed by atoms with E-state index in [2.05, 4.69) is 155 Å². The van der Waals surface area contributed by atoms with Crippen LogP contribution >= 0.6 is 27.3 Å². The van der Waals surface area contributed by atoms with Gasteiger partial charge in [0.2, 0.25) is 0 Å². The lowest BCUT2D eigenvalue weighted by atomic mass is 9.86. The molecule has 7 rings (SSSR count). The van der Waals surface area contributed by atoms with Gasteiger partial charge in [0.25, 0.3) is 0 Å². The van der Waals surface area contributed by atoms with Crippen molar-refractivity contribution in [2.24, 2.45) is 0 Å². The number of benzene rings is 6. The van der Waals surface area contributed by atoms with Crippen molar-refractivity contribution in [2.45, 2.75) is 0 Å². The largest absolute Gasteiger partial charge is 0.127 e. The number of halogens is 1. The molecule has 0 spiro atoms. The van der Waals surface area contributed by atoms with E-state index in [-0.39, 0.29) is 0 Å². The molecular formula is C36H23BrS. The van der Waals surface area contributed by atoms with Gasteiger partial charge in [-0.05, 0) is 59.7 Å². The predicted octanol–water partition coefficient (Wildman–Crippen LogP) is 11.5. The third-order valence-corrected chi connectivity index (χ3v) is 9.09. The zero-order valence-electron chi connectivity index (χ0n) is 20.6. The minimum Gasteiger partial charge on any atom is -0.127 e. The molecular weight excluding hydrogens is 544 g/mol. The second kappa shape index (κ2) is 9.72. The molecule has 6 aromatic carbocycles. The first-order valence-corrected chi connectivity index (χ1v) is 14.3. The van der Waals surface area contributed by atoms with Crippen molar-refractivity contribution < 1.29 is 0 Å². The first-order valence-electron chi connectivity index (χ1n) is 12.7. The monoisotopic (exact) mass is 566 g/mol. The molecule has 0 unspecified atom stereocenters. The van der Waals surface area contributed by atoms with Crippen molar-refractivity contribution in [2.75, 3.05) is 0 Å². The average molecular weight is 568 g/mol. The molecule has 180 valence electrons. The fourth-order valence-corrected chi connectivity index (χ4v) is 7.67. The average Bonchev–Trinajstić information content (AvgIpc) is 3.33. The molecule has 7 aromatic rings. The summed E-state index contributed by atoms with van der Waals surface area (Å²) in [6, 6.07) is 50.1. The molecule has 0 bridgehead atoms. The molecule has 38 heavy (non-hydrogen) atoms. The van der Waals surface area contributed by atoms with Crippen LogP contribution in [0.25, 0.3) is 65.4 Å². The Morgan fingerprint density at radius 1 is 0.342 bits per heavy atom. The summed E-state index contributed by atoms with van der Waals surface area (Å²) in [5, 5.41) is 5.10. The number of hydrogen-bond donors (Lipinski definition) is 0. The highest BCUT2D eigenvalue weighted by molar-refractivity contribution is 9.11. The topological polar surface area (TPSA) is 0 Å². The maximum Gasteiger partial charge on any atom is 0.0789 e. The summed E-state index contributed by atoms with van der Waals surface area (Å²) in [6.07, 6.45) is 0. The number of hydrogen-bond acceptors (Lipinski definition) is 1. The second-order valence-electron chi connectivity index (χ2n) is 9.39. The third-order valence-electron chi connectivity index (χ3n) is 7.21. The van der Waals surface area contributed by atoms with Gasteiger partial charge in [-0.25, -0.2) is 0 Å². The Hall–Kier alpha value is -3.98. The Morgan fingerprint density at radius 2 is 0.684 bits per heavy atom. The van der Waals surface area contributed by atoms with E-state index in [1.807, 2.05) is 11.3 Å². The summed E-state index contributed by atoms with van der Waals surface area (Å²) >= 11 is 5.83. The van der Waals surface area contributed by atoms with Crippen molar-refractivity contribution in [1.29, 1.82) is 0 Å². The maximum absolute atomic E-state index is 4.00. The predicted molar refractivity (Wildman–Crippen MR) is 169 cm³/mol. The van der Waals surface area contributed by atoms with Crippen LogP contribution < -0.4 is 0 Å². The van der Waals surface area contributed by atoms with Crippen molar-refractivity contribution in [3.8, 4) is 43.8 Å². The fourth-order valence-electron chi connectivity index (χ4n) is 5.61. The normalized spacial score (nSPS) is 11.3. The Balaban J connectivity index is 1.66. The van der Waals surface area contributed by atoms with Gasteiger partial charge in [0, 0.05) is 21.6 Å². The molecule has 0 N–H and O–H groups in total. The molecule has 0 aliphatic carbocycles. The fraction of sp³-hybridized carbons (Fsp3) is 0. The Bertz CT molecular complexity index is 1850. The van der Waals surface area contributed by atoms with E-state index in [0.717, 1.165) is 3.79 Å². The molecule has 1 heterocycles. The van der Waals surface area contributed by atoms with Gasteiger partial charge < -0.3 is 0 Å². The Kier molecular flexibility index (Phi) is 5.92. The van der Waals surface area contributed by atoms with Crippen LogP contribution in [0.1, 0.15) is 0 Å². The van der Waals surface area contributed by atoms with Gasteiger partial charge in [0.05, 0.1) is 3.79 Å². The minimum absolute atomic E-state index is 1.15. The van der Waals surface area contributed by atoms with E-state index < -0.39 is 0 Å². The number of rotatable bonds is 4. The van der Waals surface area contributed by atoms with E-state index in [0.29, 0.717) is 0 Å². The molecule has 0 saturated carbocycles. The van der Waals surface area contributed by atoms with Crippen molar-refractivity contribution >= 4 is 48.8 Å². The van der Waals surface area contributed by atoms with Gasteiger partial charge >= 0.3 is 0 Å². The van der Waals surface area contributed by atoms with Gasteiger partial charge in [-0.2, -0.15) is 0 Å². The van der Waals surface area contributed by atoms with E-state index in [1.165, 1.54) is 65.4 Å². The zero-order valence-corrected chi connectivity index (χ0v) is 23.0. The van der Waals surface area contributed by atoms with E-state index in [1.54, 1.807) is 0 Å². The van der Waals surface area contributed by atoms with Crippen LogP contribution in [0.3, 0.4) is 0 Å². The first kappa shape index (κ1) is 23.2. The summed E-state index contributed by atoms with van der Waals surface area (Å²) in [6.45, 7) is 0. The van der Waals surface area contributed by atoms with E-state index in [4.69, 9.17) is 0 Å². The number of fused-ring (bicyclic) bond motifs is 2. The van der Waals surface area contributed by atoms with Gasteiger partial charge in [-0.15, -0.1) is 11.3 Å². The summed E-state index contributed by atoms with van der Waals surface area (Å²) in [5.41, 5.74) is 8.79. The quantitative estimate of drug-likeness (QED) is 0.186. The summed E-state index contributed by atoms with van der Waals surface area (Å²) in [4.78, 5) is 1.29. The molecule has 0 nitrogen and oxygen atoms in total. The standard InChI is InChI=1S/C36H23BrS/c37-36-33(26-18-8-3-9-19-26)32(25-16-6-2-7-17-25)35(38-36)34-29-22-12-10-20-27(29)31(24-14-4-1-5-15-24)28-21-11-13-23-30(28)34/h1-23H. The zero-order chi connectivity index (χ0) is 25.5. The van der Waals surface area contributed by atoms with Crippen LogP contribution in [0.5, 0.6) is 0 Å². The summed E-state index contributed by atoms with van der Waals surface area (Å²) in [7, 11) is 0. The van der Waals surface area contributed by atoms with Crippen molar-refractivity contribution in [3.63, 3.8) is 0 Å². The molecule has 0 fully saturated rings. The van der Waals surface area contributed by atoms with Crippen LogP contribution in [0.2, 0.25) is 0 Å². The molecule has 0 atom stereocenters. The van der Waals surface area contributed by atoms with Crippen LogP contribution in [0, 0.1) is 0 Å². The lowest BCUT2D eigenvalue weighted by molar-refractivity contribution is 1.62. The molecule has 0 saturated heterocycles. The third kappa shape index (κ3) is 3.80. The van der Waals surface area contributed by atoms with Gasteiger partial charge in [-0.3, -0.25) is 0 Å². The highest BCUT2D eigenvalue weighted by Crippen LogP contribution is 2.54. The highest BCUT2D eigenvalue weighted by atomic mass is 79.9. The number of thiophene rings is 1. The van der Waals surface area contributed by atoms with Crippen LogP contribution in [0.15, 0.2) is 143 Å². The summed E-state index contributed by atoms with van der Waals surface area (Å²) in [5.74, 6) is 0. The molecule has 2 heteroatoms. The summed E-state index contributed by atoms with van der Waals surface area (Å²) < 4.78 is 1.15. The molecule has 0 aliphatic heterocycles. The van der Waals surface area contributed by atoms with Gasteiger partial charge in [0.1, 0.15) is 0 Å². The molecule has 0 amide bonds. The molecule has 0 aliphatic rings. The van der Waals surface area contributed by atoms with E-state index >= 15 is 0 Å². The highest BCUT2D eigenvalue weighted by Gasteiger charge is 2.25. The molecule has 1 aromatic heterocycles.